The third-order valence-electron chi connectivity index (χ3n) is 3.62. The zero-order valence-corrected chi connectivity index (χ0v) is 16.7. The van der Waals surface area contributed by atoms with E-state index in [4.69, 9.17) is 16.3 Å². The van der Waals surface area contributed by atoms with Crippen LogP contribution in [0.1, 0.15) is 6.92 Å². The molecule has 1 N–H and O–H groups in total. The molecule has 0 radical (unpaired) electrons. The molecular weight excluding hydrogens is 410 g/mol. The number of hydrogen-bond acceptors (Lipinski definition) is 6. The number of anilines is 1. The molecule has 0 heterocycles. The smallest absolute Gasteiger partial charge is 0.271 e. The van der Waals surface area contributed by atoms with Crippen LogP contribution in [0.25, 0.3) is 0 Å². The second-order valence-electron chi connectivity index (χ2n) is 5.64. The van der Waals surface area contributed by atoms with Crippen molar-refractivity contribution in [3.63, 3.8) is 0 Å². The van der Waals surface area contributed by atoms with E-state index in [1.165, 1.54) is 49.5 Å². The molecule has 0 atom stereocenters. The molecule has 0 bridgehead atoms. The molecule has 28 heavy (non-hydrogen) atoms. The number of nitro groups is 1. The van der Waals surface area contributed by atoms with Crippen LogP contribution < -0.4 is 10.1 Å². The van der Waals surface area contributed by atoms with Gasteiger partial charge in [-0.25, -0.2) is 8.42 Å². The van der Waals surface area contributed by atoms with Crippen LogP contribution in [0.3, 0.4) is 0 Å². The summed E-state index contributed by atoms with van der Waals surface area (Å²) in [6.07, 6.45) is 0. The summed E-state index contributed by atoms with van der Waals surface area (Å²) in [5, 5.41) is 13.4. The van der Waals surface area contributed by atoms with E-state index in [2.05, 4.69) is 5.32 Å². The van der Waals surface area contributed by atoms with Crippen LogP contribution >= 0.6 is 11.6 Å². The highest BCUT2D eigenvalue weighted by atomic mass is 35.5. The van der Waals surface area contributed by atoms with Crippen LogP contribution in [-0.4, -0.2) is 43.8 Å². The van der Waals surface area contributed by atoms with Crippen LogP contribution in [0.15, 0.2) is 47.4 Å². The van der Waals surface area contributed by atoms with Gasteiger partial charge in [0.1, 0.15) is 5.75 Å². The number of nitrogens with zero attached hydrogens (tertiary/aromatic N) is 2. The summed E-state index contributed by atoms with van der Waals surface area (Å²) in [4.78, 5) is 22.3. The molecule has 150 valence electrons. The molecule has 0 saturated heterocycles. The van der Waals surface area contributed by atoms with Crippen molar-refractivity contribution in [2.75, 3.05) is 25.5 Å². The highest BCUT2D eigenvalue weighted by Crippen LogP contribution is 2.28. The maximum Gasteiger partial charge on any atom is 0.271 e. The monoisotopic (exact) mass is 427 g/mol. The SMILES string of the molecule is CCOc1ccc(S(=O)(=O)N(C)CC(=O)Nc2cccc([N+](=O)[O-])c2)cc1Cl. The third-order valence-corrected chi connectivity index (χ3v) is 5.71. The van der Waals surface area contributed by atoms with Crippen LogP contribution in [-0.2, 0) is 14.8 Å². The van der Waals surface area contributed by atoms with Gasteiger partial charge in [0, 0.05) is 24.9 Å². The van der Waals surface area contributed by atoms with Gasteiger partial charge < -0.3 is 10.1 Å². The first-order chi connectivity index (χ1) is 13.1. The predicted octanol–water partition coefficient (Wildman–Crippen LogP) is 2.91. The summed E-state index contributed by atoms with van der Waals surface area (Å²) in [5.41, 5.74) is -0.00286. The Kier molecular flexibility index (Phi) is 6.95. The van der Waals surface area contributed by atoms with E-state index < -0.39 is 27.4 Å². The minimum Gasteiger partial charge on any atom is -0.492 e. The average molecular weight is 428 g/mol. The maximum atomic E-state index is 12.6. The van der Waals surface area contributed by atoms with Gasteiger partial charge in [-0.15, -0.1) is 0 Å². The van der Waals surface area contributed by atoms with Crippen molar-refractivity contribution in [3.8, 4) is 5.75 Å². The fourth-order valence-corrected chi connectivity index (χ4v) is 3.73. The molecular formula is C17H18ClN3O6S. The molecule has 11 heteroatoms. The Bertz CT molecular complexity index is 996. The zero-order chi connectivity index (χ0) is 20.9. The van der Waals surface area contributed by atoms with E-state index in [1.54, 1.807) is 6.92 Å². The normalized spacial score (nSPS) is 11.3. The highest BCUT2D eigenvalue weighted by Gasteiger charge is 2.24. The number of hydrogen-bond donors (Lipinski definition) is 1. The van der Waals surface area contributed by atoms with Gasteiger partial charge in [-0.1, -0.05) is 17.7 Å². The standard InChI is InChI=1S/C17H18ClN3O6S/c1-3-27-16-8-7-14(10-15(16)18)28(25,26)20(2)11-17(22)19-12-5-4-6-13(9-12)21(23)24/h4-10H,3,11H2,1-2H3,(H,19,22). The van der Waals surface area contributed by atoms with Crippen molar-refractivity contribution in [1.29, 1.82) is 0 Å². The number of carbonyl (C=O) groups excluding carboxylic acids is 1. The third kappa shape index (κ3) is 5.18. The van der Waals surface area contributed by atoms with Gasteiger partial charge in [0.2, 0.25) is 15.9 Å². The summed E-state index contributed by atoms with van der Waals surface area (Å²) in [6.45, 7) is 1.66. The molecule has 0 unspecified atom stereocenters. The Morgan fingerprint density at radius 2 is 2.00 bits per heavy atom. The number of benzene rings is 2. The first-order valence-electron chi connectivity index (χ1n) is 8.08. The second kappa shape index (κ2) is 9.00. The molecule has 0 aliphatic heterocycles. The number of likely N-dealkylation sites (N-methyl/N-ethyl adjacent to an activating group) is 1. The van der Waals surface area contributed by atoms with Crippen molar-refractivity contribution in [3.05, 3.63) is 57.6 Å². The molecule has 2 aromatic carbocycles. The summed E-state index contributed by atoms with van der Waals surface area (Å²) in [7, 11) is -2.74. The molecule has 0 aromatic heterocycles. The number of sulfonamides is 1. The Balaban J connectivity index is 2.11. The van der Waals surface area contributed by atoms with Gasteiger partial charge in [0.05, 0.1) is 28.0 Å². The lowest BCUT2D eigenvalue weighted by Gasteiger charge is -2.17. The highest BCUT2D eigenvalue weighted by molar-refractivity contribution is 7.89. The fourth-order valence-electron chi connectivity index (χ4n) is 2.28. The molecule has 9 nitrogen and oxygen atoms in total. The van der Waals surface area contributed by atoms with Crippen molar-refractivity contribution >= 4 is 38.9 Å². The second-order valence-corrected chi connectivity index (χ2v) is 8.09. The minimum atomic E-state index is -3.98. The molecule has 0 aliphatic rings. The lowest BCUT2D eigenvalue weighted by atomic mass is 10.3. The number of non-ortho nitro benzene ring substituents is 1. The number of halogens is 1. The van der Waals surface area contributed by atoms with E-state index in [9.17, 15) is 23.3 Å². The van der Waals surface area contributed by atoms with Gasteiger partial charge in [0.15, 0.2) is 0 Å². The molecule has 0 saturated carbocycles. The molecule has 0 spiro atoms. The number of amides is 1. The number of nitrogens with one attached hydrogen (secondary N) is 1. The molecule has 2 rings (SSSR count). The van der Waals surface area contributed by atoms with Gasteiger partial charge >= 0.3 is 0 Å². The van der Waals surface area contributed by atoms with Crippen LogP contribution in [0, 0.1) is 10.1 Å². The van der Waals surface area contributed by atoms with Crippen molar-refractivity contribution < 1.29 is 22.9 Å². The number of nitro benzene ring substituents is 1. The van der Waals surface area contributed by atoms with Gasteiger partial charge in [-0.3, -0.25) is 14.9 Å². The number of rotatable bonds is 8. The average Bonchev–Trinajstić information content (AvgIpc) is 2.63. The van der Waals surface area contributed by atoms with Gasteiger partial charge in [-0.2, -0.15) is 4.31 Å². The Morgan fingerprint density at radius 3 is 2.61 bits per heavy atom. The van der Waals surface area contributed by atoms with Gasteiger partial charge in [0.25, 0.3) is 5.69 Å². The largest absolute Gasteiger partial charge is 0.492 e. The topological polar surface area (TPSA) is 119 Å². The van der Waals surface area contributed by atoms with Crippen LogP contribution in [0.2, 0.25) is 5.02 Å². The summed E-state index contributed by atoms with van der Waals surface area (Å²) < 4.78 is 31.4. The van der Waals surface area contributed by atoms with E-state index in [-0.39, 0.29) is 21.3 Å². The number of ether oxygens (including phenoxy) is 1. The van der Waals surface area contributed by atoms with E-state index in [0.717, 1.165) is 4.31 Å². The van der Waals surface area contributed by atoms with Crippen molar-refractivity contribution in [2.45, 2.75) is 11.8 Å². The van der Waals surface area contributed by atoms with Crippen molar-refractivity contribution in [2.24, 2.45) is 0 Å². The Hall–Kier alpha value is -2.69. The molecule has 2 aromatic rings. The quantitative estimate of drug-likeness (QED) is 0.511. The molecule has 0 fully saturated rings. The van der Waals surface area contributed by atoms with Gasteiger partial charge in [-0.05, 0) is 31.2 Å². The van der Waals surface area contributed by atoms with E-state index in [1.807, 2.05) is 0 Å². The fraction of sp³-hybridized carbons (Fsp3) is 0.235. The van der Waals surface area contributed by atoms with Crippen molar-refractivity contribution in [1.82, 2.24) is 4.31 Å². The predicted molar refractivity (Wildman–Crippen MR) is 104 cm³/mol. The minimum absolute atomic E-state index is 0.0911. The van der Waals surface area contributed by atoms with E-state index >= 15 is 0 Å². The maximum absolute atomic E-state index is 12.6. The Morgan fingerprint density at radius 1 is 1.29 bits per heavy atom. The zero-order valence-electron chi connectivity index (χ0n) is 15.1. The van der Waals surface area contributed by atoms with E-state index in [0.29, 0.717) is 12.4 Å². The number of carbonyl (C=O) groups is 1. The lowest BCUT2D eigenvalue weighted by Crippen LogP contribution is -2.35. The van der Waals surface area contributed by atoms with Crippen LogP contribution in [0.4, 0.5) is 11.4 Å². The van der Waals surface area contributed by atoms with Crippen LogP contribution in [0.5, 0.6) is 5.75 Å². The first kappa shape index (κ1) is 21.6. The molecule has 1 amide bonds. The summed E-state index contributed by atoms with van der Waals surface area (Å²) in [6, 6.07) is 9.36. The lowest BCUT2D eigenvalue weighted by molar-refractivity contribution is -0.384. The summed E-state index contributed by atoms with van der Waals surface area (Å²) in [5.74, 6) is -0.294. The Labute approximate surface area is 167 Å². The first-order valence-corrected chi connectivity index (χ1v) is 9.90. The summed E-state index contributed by atoms with van der Waals surface area (Å²) >= 11 is 6.03. The molecule has 0 aliphatic carbocycles.